The first-order valence-corrected chi connectivity index (χ1v) is 16.6. The van der Waals surface area contributed by atoms with E-state index < -0.39 is 5.97 Å². The Bertz CT molecular complexity index is 1400. The molecule has 1 aromatic rings. The first-order chi connectivity index (χ1) is 19.7. The van der Waals surface area contributed by atoms with E-state index in [2.05, 4.69) is 53.2 Å². The van der Waals surface area contributed by atoms with Crippen molar-refractivity contribution < 1.29 is 15.0 Å². The zero-order chi connectivity index (χ0) is 30.5. The number of aromatic carboxylic acids is 1. The Morgan fingerprint density at radius 2 is 1.81 bits per heavy atom. The molecule has 0 bridgehead atoms. The van der Waals surface area contributed by atoms with Crippen LogP contribution in [-0.4, -0.2) is 22.8 Å². The third kappa shape index (κ3) is 3.73. The zero-order valence-corrected chi connectivity index (χ0v) is 27.0. The summed E-state index contributed by atoms with van der Waals surface area (Å²) in [5.41, 5.74) is 3.68. The van der Waals surface area contributed by atoms with Gasteiger partial charge in [0.2, 0.25) is 0 Å². The minimum atomic E-state index is -0.994. The molecule has 1 aromatic carbocycles. The lowest BCUT2D eigenvalue weighted by Crippen LogP contribution is -2.66. The number of carboxylic acid groups (broad SMARTS) is 1. The van der Waals surface area contributed by atoms with Crippen LogP contribution in [0.1, 0.15) is 108 Å². The van der Waals surface area contributed by atoms with Crippen molar-refractivity contribution in [1.29, 1.82) is 0 Å². The van der Waals surface area contributed by atoms with Gasteiger partial charge in [-0.05, 0) is 139 Å². The van der Waals surface area contributed by atoms with Crippen molar-refractivity contribution in [3.63, 3.8) is 0 Å². The van der Waals surface area contributed by atoms with E-state index in [1.165, 1.54) is 17.6 Å². The zero-order valence-electron chi connectivity index (χ0n) is 26.2. The molecule has 226 valence electrons. The second-order valence-electron chi connectivity index (χ2n) is 15.9. The molecule has 5 aliphatic rings. The van der Waals surface area contributed by atoms with Gasteiger partial charge in [0.15, 0.2) is 0 Å². The van der Waals surface area contributed by atoms with E-state index in [1.54, 1.807) is 6.07 Å². The lowest BCUT2D eigenvalue weighted by atomic mass is 9.32. The maximum absolute atomic E-state index is 11.6. The molecule has 0 spiro atoms. The van der Waals surface area contributed by atoms with Gasteiger partial charge in [0.05, 0.1) is 10.6 Å². The van der Waals surface area contributed by atoms with Crippen LogP contribution in [0, 0.1) is 69.0 Å². The van der Waals surface area contributed by atoms with E-state index in [9.17, 15) is 15.0 Å². The quantitative estimate of drug-likeness (QED) is 0.272. The predicted molar refractivity (Wildman–Crippen MR) is 171 cm³/mol. The van der Waals surface area contributed by atoms with Gasteiger partial charge in [0, 0.05) is 12.0 Å². The van der Waals surface area contributed by atoms with E-state index in [-0.39, 0.29) is 39.2 Å². The fraction of sp³-hybridized carbons (Fsp3) is 0.658. The lowest BCUT2D eigenvalue weighted by Gasteiger charge is -2.71. The second kappa shape index (κ2) is 9.74. The van der Waals surface area contributed by atoms with Crippen molar-refractivity contribution in [2.24, 2.45) is 56.7 Å². The molecule has 0 saturated heterocycles. The van der Waals surface area contributed by atoms with Crippen LogP contribution in [0.2, 0.25) is 5.02 Å². The number of carboxylic acids is 1. The number of allylic oxidation sites excluding steroid dienone is 3. The van der Waals surface area contributed by atoms with E-state index in [4.69, 9.17) is 18.0 Å². The fourth-order valence-corrected chi connectivity index (χ4v) is 12.7. The fourth-order valence-electron chi connectivity index (χ4n) is 12.5. The summed E-state index contributed by atoms with van der Waals surface area (Å²) >= 11 is 6.45. The highest BCUT2D eigenvalue weighted by Crippen LogP contribution is 2.77. The molecule has 5 aliphatic carbocycles. The summed E-state index contributed by atoms with van der Waals surface area (Å²) in [7, 11) is 0. The van der Waals surface area contributed by atoms with E-state index in [1.807, 2.05) is 12.1 Å². The molecular weight excluding hydrogens is 540 g/mol. The summed E-state index contributed by atoms with van der Waals surface area (Å²) in [6.45, 7) is 16.8. The molecule has 6 rings (SSSR count). The van der Waals surface area contributed by atoms with Gasteiger partial charge >= 0.3 is 5.97 Å². The molecule has 0 aliphatic heterocycles. The van der Waals surface area contributed by atoms with Crippen molar-refractivity contribution in [1.82, 2.24) is 0 Å². The van der Waals surface area contributed by atoms with Gasteiger partial charge < -0.3 is 10.2 Å². The Morgan fingerprint density at radius 3 is 2.43 bits per heavy atom. The van der Waals surface area contributed by atoms with Crippen LogP contribution in [0.3, 0.4) is 0 Å². The molecule has 0 aromatic heterocycles. The third-order valence-electron chi connectivity index (χ3n) is 14.3. The molecule has 9 unspecified atom stereocenters. The van der Waals surface area contributed by atoms with Crippen LogP contribution in [-0.2, 0) is 0 Å². The van der Waals surface area contributed by atoms with Crippen LogP contribution in [0.15, 0.2) is 36.4 Å². The predicted octanol–water partition coefficient (Wildman–Crippen LogP) is 9.29. The van der Waals surface area contributed by atoms with E-state index in [0.29, 0.717) is 34.6 Å². The highest BCUT2D eigenvalue weighted by molar-refractivity contribution is 6.33. The van der Waals surface area contributed by atoms with Gasteiger partial charge in [-0.2, -0.15) is 0 Å². The number of halogens is 1. The minimum absolute atomic E-state index is 0.000857. The monoisotopic (exact) mass is 588 g/mol. The summed E-state index contributed by atoms with van der Waals surface area (Å²) in [4.78, 5) is 11.6. The Morgan fingerprint density at radius 1 is 1.07 bits per heavy atom. The van der Waals surface area contributed by atoms with Crippen LogP contribution < -0.4 is 0 Å². The summed E-state index contributed by atoms with van der Waals surface area (Å²) in [5.74, 6) is 4.92. The number of aliphatic hydroxyl groups is 1. The molecule has 2 N–H and O–H groups in total. The number of carbonyl (C=O) groups is 1. The molecule has 0 heterocycles. The van der Waals surface area contributed by atoms with Gasteiger partial charge in [-0.1, -0.05) is 69.5 Å². The Balaban J connectivity index is 1.40. The van der Waals surface area contributed by atoms with Crippen molar-refractivity contribution >= 4 is 23.1 Å². The number of benzene rings is 1. The SMILES string of the molecule is C#CC12CCC3(CO)CCC(C(=C)C)C3C1CCC1C3(C)CC=C(c4ccc(C(=O)O)c(Cl)c4)C(C)(C)C3CCC12C. The topological polar surface area (TPSA) is 57.5 Å². The molecule has 4 saturated carbocycles. The Labute approximate surface area is 258 Å². The first kappa shape index (κ1) is 30.0. The standard InChI is InChI=1S/C38H49ClO3/c1-8-38-20-19-37(22-40)18-13-25(23(2)3)32(37)28(38)11-12-31-35(6)16-14-27(24-9-10-26(33(41)42)29(39)21-24)34(4,5)30(35)15-17-36(31,38)7/h1,9-10,14,21,25,28,30-32,40H,2,11-13,15-20,22H2,3-7H3,(H,41,42). The largest absolute Gasteiger partial charge is 0.478 e. The maximum atomic E-state index is 11.6. The molecule has 9 atom stereocenters. The van der Waals surface area contributed by atoms with Crippen LogP contribution >= 0.6 is 11.6 Å². The molecular formula is C38H49ClO3. The summed E-state index contributed by atoms with van der Waals surface area (Å²) in [5, 5.41) is 20.6. The van der Waals surface area contributed by atoms with Gasteiger partial charge in [0.25, 0.3) is 0 Å². The molecule has 4 heteroatoms. The summed E-state index contributed by atoms with van der Waals surface area (Å²) in [6.07, 6.45) is 19.1. The van der Waals surface area contributed by atoms with Crippen molar-refractivity contribution in [3.05, 3.63) is 52.6 Å². The second-order valence-corrected chi connectivity index (χ2v) is 16.4. The van der Waals surface area contributed by atoms with Gasteiger partial charge in [-0.25, -0.2) is 4.79 Å². The number of hydrogen-bond donors (Lipinski definition) is 2. The van der Waals surface area contributed by atoms with Crippen molar-refractivity contribution in [2.75, 3.05) is 6.61 Å². The summed E-state index contributed by atoms with van der Waals surface area (Å²) < 4.78 is 0. The number of hydrogen-bond acceptors (Lipinski definition) is 2. The Kier molecular flexibility index (Phi) is 6.96. The molecule has 42 heavy (non-hydrogen) atoms. The molecule has 0 amide bonds. The number of terminal acetylenes is 1. The number of aliphatic hydroxyl groups excluding tert-OH is 1. The summed E-state index contributed by atoms with van der Waals surface area (Å²) in [6, 6.07) is 5.44. The molecule has 0 radical (unpaired) electrons. The first-order valence-electron chi connectivity index (χ1n) is 16.2. The van der Waals surface area contributed by atoms with Gasteiger partial charge in [-0.15, -0.1) is 6.42 Å². The number of rotatable bonds is 4. The van der Waals surface area contributed by atoms with Crippen LogP contribution in [0.4, 0.5) is 0 Å². The van der Waals surface area contributed by atoms with Crippen LogP contribution in [0.25, 0.3) is 5.57 Å². The van der Waals surface area contributed by atoms with E-state index >= 15 is 0 Å². The highest BCUT2D eigenvalue weighted by Gasteiger charge is 2.71. The normalized spacial score (nSPS) is 43.6. The van der Waals surface area contributed by atoms with Crippen molar-refractivity contribution in [2.45, 2.75) is 92.4 Å². The van der Waals surface area contributed by atoms with E-state index in [0.717, 1.165) is 56.9 Å². The maximum Gasteiger partial charge on any atom is 0.337 e. The lowest BCUT2D eigenvalue weighted by molar-refractivity contribution is -0.212. The average Bonchev–Trinajstić information content (AvgIpc) is 3.33. The molecule has 3 nitrogen and oxygen atoms in total. The Hall–Kier alpha value is -2.02. The molecule has 4 fully saturated rings. The number of fused-ring (bicyclic) bond motifs is 7. The van der Waals surface area contributed by atoms with Crippen molar-refractivity contribution in [3.8, 4) is 12.3 Å². The van der Waals surface area contributed by atoms with Gasteiger partial charge in [-0.3, -0.25) is 0 Å². The smallest absolute Gasteiger partial charge is 0.337 e. The third-order valence-corrected chi connectivity index (χ3v) is 14.6. The van der Waals surface area contributed by atoms with Gasteiger partial charge in [0.1, 0.15) is 0 Å². The average molecular weight is 589 g/mol. The minimum Gasteiger partial charge on any atom is -0.478 e. The van der Waals surface area contributed by atoms with Crippen LogP contribution in [0.5, 0.6) is 0 Å². The highest BCUT2D eigenvalue weighted by atomic mass is 35.5.